The van der Waals surface area contributed by atoms with Crippen molar-refractivity contribution < 1.29 is 23.9 Å². The molecule has 2 N–H and O–H groups in total. The number of urea groups is 1. The summed E-state index contributed by atoms with van der Waals surface area (Å²) in [6.45, 7) is 1.93. The molecule has 2 atom stereocenters. The predicted octanol–water partition coefficient (Wildman–Crippen LogP) is 3.36. The van der Waals surface area contributed by atoms with Crippen LogP contribution in [-0.4, -0.2) is 53.8 Å². The second kappa shape index (κ2) is 10.7. The van der Waals surface area contributed by atoms with Crippen molar-refractivity contribution in [3.8, 4) is 0 Å². The zero-order chi connectivity index (χ0) is 27.6. The van der Waals surface area contributed by atoms with Crippen molar-refractivity contribution in [2.45, 2.75) is 31.5 Å². The fourth-order valence-electron chi connectivity index (χ4n) is 5.22. The number of rotatable bonds is 7. The van der Waals surface area contributed by atoms with E-state index in [0.717, 1.165) is 11.1 Å². The summed E-state index contributed by atoms with van der Waals surface area (Å²) in [6, 6.07) is 23.7. The highest BCUT2D eigenvalue weighted by molar-refractivity contribution is 6.15. The number of fused-ring (bicyclic) bond motifs is 2. The summed E-state index contributed by atoms with van der Waals surface area (Å²) in [5.41, 5.74) is 1.74. The largest absolute Gasteiger partial charge is 0.341 e. The summed E-state index contributed by atoms with van der Waals surface area (Å²) in [5.74, 6) is -1.17. The average Bonchev–Trinajstić information content (AvgIpc) is 3.43. The zero-order valence-electron chi connectivity index (χ0n) is 21.8. The second-order valence-corrected chi connectivity index (χ2v) is 9.73. The molecule has 0 radical (unpaired) electrons. The molecule has 0 saturated carbocycles. The second-order valence-electron chi connectivity index (χ2n) is 9.73. The molecule has 3 aromatic carbocycles. The molecule has 1 aliphatic carbocycles. The molecular formula is C30H30N4O5. The quantitative estimate of drug-likeness (QED) is 0.459. The lowest BCUT2D eigenvalue weighted by atomic mass is 9.94. The van der Waals surface area contributed by atoms with Gasteiger partial charge in [0, 0.05) is 31.3 Å². The van der Waals surface area contributed by atoms with E-state index in [1.165, 1.54) is 11.9 Å². The van der Waals surface area contributed by atoms with Crippen LogP contribution in [0.3, 0.4) is 0 Å². The van der Waals surface area contributed by atoms with Crippen LogP contribution in [0.2, 0.25) is 0 Å². The Morgan fingerprint density at radius 1 is 1.03 bits per heavy atom. The van der Waals surface area contributed by atoms with Crippen molar-refractivity contribution in [3.05, 3.63) is 101 Å². The Hall–Kier alpha value is -4.50. The molecule has 0 aromatic heterocycles. The minimum absolute atomic E-state index is 0.00268. The topological polar surface area (TPSA) is 108 Å². The van der Waals surface area contributed by atoms with E-state index in [0.29, 0.717) is 23.4 Å². The number of Topliss-reactive ketones (excluding diaryl/α,β-unsaturated/α-hetero) is 1. The number of anilines is 1. The molecule has 0 bridgehead atoms. The van der Waals surface area contributed by atoms with Gasteiger partial charge < -0.3 is 25.2 Å². The highest BCUT2D eigenvalue weighted by Gasteiger charge is 2.59. The molecule has 5 rings (SSSR count). The van der Waals surface area contributed by atoms with E-state index in [2.05, 4.69) is 10.6 Å². The minimum Gasteiger partial charge on any atom is -0.341 e. The van der Waals surface area contributed by atoms with Gasteiger partial charge in [0.25, 0.3) is 5.91 Å². The normalized spacial score (nSPS) is 18.7. The zero-order valence-corrected chi connectivity index (χ0v) is 21.8. The molecule has 9 nitrogen and oxygen atoms in total. The van der Waals surface area contributed by atoms with Gasteiger partial charge in [-0.3, -0.25) is 14.4 Å². The first-order chi connectivity index (χ1) is 18.8. The van der Waals surface area contributed by atoms with Gasteiger partial charge in [-0.05, 0) is 35.7 Å². The highest BCUT2D eigenvalue weighted by atomic mass is 16.5. The SMILES string of the molecule is CNC(=O)Nc1ccc2c(c1)CC(=O)[C@]21OCN(CC(=O)N(Cc2ccccc2)[C@@H](C)c2ccccc2)C1=O. The van der Waals surface area contributed by atoms with Crippen LogP contribution in [0.4, 0.5) is 10.5 Å². The van der Waals surface area contributed by atoms with Crippen molar-refractivity contribution in [2.24, 2.45) is 0 Å². The summed E-state index contributed by atoms with van der Waals surface area (Å²) < 4.78 is 5.91. The van der Waals surface area contributed by atoms with Crippen LogP contribution < -0.4 is 10.6 Å². The van der Waals surface area contributed by atoms with Crippen LogP contribution in [-0.2, 0) is 37.7 Å². The van der Waals surface area contributed by atoms with Gasteiger partial charge in [0.1, 0.15) is 13.3 Å². The molecule has 1 heterocycles. The fourth-order valence-corrected chi connectivity index (χ4v) is 5.22. The number of hydrogen-bond donors (Lipinski definition) is 2. The molecule has 0 unspecified atom stereocenters. The molecule has 1 saturated heterocycles. The third kappa shape index (κ3) is 4.88. The third-order valence-corrected chi connectivity index (χ3v) is 7.33. The molecular weight excluding hydrogens is 496 g/mol. The Balaban J connectivity index is 1.37. The number of carbonyl (C=O) groups excluding carboxylic acids is 4. The summed E-state index contributed by atoms with van der Waals surface area (Å²) in [7, 11) is 1.50. The standard InChI is InChI=1S/C30H30N4O5/c1-20(22-11-7-4-8-12-22)34(17-21-9-5-3-6-10-21)27(36)18-33-19-39-30(28(33)37)25-14-13-24(32-29(38)31-2)15-23(25)16-26(30)35/h3-15,20H,16-19H2,1-2H3,(H2,31,32,38)/t20-,30+/m0/s1. The number of amides is 4. The number of nitrogens with one attached hydrogen (secondary N) is 2. The van der Waals surface area contributed by atoms with Gasteiger partial charge in [0.15, 0.2) is 5.78 Å². The van der Waals surface area contributed by atoms with Crippen molar-refractivity contribution in [3.63, 3.8) is 0 Å². The smallest absolute Gasteiger partial charge is 0.318 e. The maximum absolute atomic E-state index is 13.7. The number of carbonyl (C=O) groups is 4. The van der Waals surface area contributed by atoms with Crippen LogP contribution in [0.5, 0.6) is 0 Å². The average molecular weight is 527 g/mol. The van der Waals surface area contributed by atoms with Gasteiger partial charge >= 0.3 is 6.03 Å². The van der Waals surface area contributed by atoms with Gasteiger partial charge in [0.2, 0.25) is 11.5 Å². The van der Waals surface area contributed by atoms with Crippen molar-refractivity contribution in [1.82, 2.24) is 15.1 Å². The fraction of sp³-hybridized carbons (Fsp3) is 0.267. The Labute approximate surface area is 226 Å². The minimum atomic E-state index is -1.77. The Kier molecular flexibility index (Phi) is 7.17. The van der Waals surface area contributed by atoms with Crippen molar-refractivity contribution in [1.29, 1.82) is 0 Å². The first-order valence-electron chi connectivity index (χ1n) is 12.8. The maximum atomic E-state index is 13.7. The Morgan fingerprint density at radius 3 is 2.41 bits per heavy atom. The summed E-state index contributed by atoms with van der Waals surface area (Å²) >= 11 is 0. The van der Waals surface area contributed by atoms with Crippen LogP contribution >= 0.6 is 0 Å². The van der Waals surface area contributed by atoms with Gasteiger partial charge in [-0.2, -0.15) is 0 Å². The molecule has 9 heteroatoms. The number of nitrogens with zero attached hydrogens (tertiary/aromatic N) is 2. The number of hydrogen-bond acceptors (Lipinski definition) is 5. The number of ether oxygens (including phenoxy) is 1. The summed E-state index contributed by atoms with van der Waals surface area (Å²) in [6.07, 6.45) is -0.00268. The van der Waals surface area contributed by atoms with E-state index in [9.17, 15) is 19.2 Å². The third-order valence-electron chi connectivity index (χ3n) is 7.33. The van der Waals surface area contributed by atoms with Gasteiger partial charge in [-0.25, -0.2) is 4.79 Å². The van der Waals surface area contributed by atoms with E-state index in [-0.39, 0.29) is 37.4 Å². The van der Waals surface area contributed by atoms with Gasteiger partial charge in [-0.1, -0.05) is 66.7 Å². The van der Waals surface area contributed by atoms with E-state index >= 15 is 0 Å². The lowest BCUT2D eigenvalue weighted by molar-refractivity contribution is -0.149. The first kappa shape index (κ1) is 26.1. The number of ketones is 1. The van der Waals surface area contributed by atoms with Crippen molar-refractivity contribution in [2.75, 3.05) is 25.6 Å². The van der Waals surface area contributed by atoms with Crippen molar-refractivity contribution >= 4 is 29.3 Å². The molecule has 200 valence electrons. The molecule has 2 aliphatic rings. The van der Waals surface area contributed by atoms with Crippen LogP contribution in [0.25, 0.3) is 0 Å². The molecule has 1 aliphatic heterocycles. The predicted molar refractivity (Wildman–Crippen MR) is 144 cm³/mol. The lowest BCUT2D eigenvalue weighted by Gasteiger charge is -2.31. The van der Waals surface area contributed by atoms with E-state index < -0.39 is 17.5 Å². The van der Waals surface area contributed by atoms with Crippen LogP contribution in [0, 0.1) is 0 Å². The molecule has 3 aromatic rings. The van der Waals surface area contributed by atoms with E-state index in [4.69, 9.17) is 4.74 Å². The van der Waals surface area contributed by atoms with Crippen LogP contribution in [0.15, 0.2) is 78.9 Å². The summed E-state index contributed by atoms with van der Waals surface area (Å²) in [5, 5.41) is 5.14. The monoisotopic (exact) mass is 526 g/mol. The molecule has 39 heavy (non-hydrogen) atoms. The molecule has 1 spiro atoms. The summed E-state index contributed by atoms with van der Waals surface area (Å²) in [4.78, 5) is 55.3. The molecule has 4 amide bonds. The van der Waals surface area contributed by atoms with E-state index in [1.807, 2.05) is 67.6 Å². The highest BCUT2D eigenvalue weighted by Crippen LogP contribution is 2.43. The van der Waals surface area contributed by atoms with Gasteiger partial charge in [-0.15, -0.1) is 0 Å². The Bertz CT molecular complexity index is 1410. The molecule has 1 fully saturated rings. The Morgan fingerprint density at radius 2 is 1.72 bits per heavy atom. The maximum Gasteiger partial charge on any atom is 0.318 e. The number of benzene rings is 3. The van der Waals surface area contributed by atoms with Gasteiger partial charge in [0.05, 0.1) is 6.04 Å². The van der Waals surface area contributed by atoms with E-state index in [1.54, 1.807) is 23.1 Å². The first-order valence-corrected chi connectivity index (χ1v) is 12.8. The van der Waals surface area contributed by atoms with Crippen LogP contribution in [0.1, 0.15) is 35.2 Å². The lowest BCUT2D eigenvalue weighted by Crippen LogP contribution is -2.46.